The first-order valence-corrected chi connectivity index (χ1v) is 16.4. The molecule has 16 nitrogen and oxygen atoms in total. The SMILES string of the molecule is CC(=O)N[C@@H](CCCN)C(=O)N(C)[C@@H]1C(=O)N[C@@H](C)C(=O)N[C@H](C(=O)NCC#N)Cc2ccc(OCCN)c(c2)-c2cc1ccc2OCCN. The fraction of sp³-hybridized carbons (Fsp3) is 0.471. The number of amides is 5. The van der Waals surface area contributed by atoms with E-state index in [0.717, 1.165) is 0 Å². The van der Waals surface area contributed by atoms with E-state index in [9.17, 15) is 24.0 Å². The van der Waals surface area contributed by atoms with Crippen LogP contribution < -0.4 is 47.9 Å². The number of rotatable bonds is 14. The van der Waals surface area contributed by atoms with Gasteiger partial charge in [0.15, 0.2) is 0 Å². The van der Waals surface area contributed by atoms with Crippen molar-refractivity contribution in [2.75, 3.05) is 46.4 Å². The average Bonchev–Trinajstić information content (AvgIpc) is 3.09. The number of carbonyl (C=O) groups is 5. The predicted molar refractivity (Wildman–Crippen MR) is 184 cm³/mol. The number of nitrogens with zero attached hydrogens (tertiary/aromatic N) is 2. The third kappa shape index (κ3) is 10.4. The Morgan fingerprint density at radius 2 is 1.62 bits per heavy atom. The van der Waals surface area contributed by atoms with Gasteiger partial charge >= 0.3 is 0 Å². The average molecular weight is 694 g/mol. The Morgan fingerprint density at radius 1 is 0.980 bits per heavy atom. The van der Waals surface area contributed by atoms with E-state index < -0.39 is 53.7 Å². The Morgan fingerprint density at radius 3 is 2.22 bits per heavy atom. The Kier molecular flexibility index (Phi) is 15.0. The zero-order valence-corrected chi connectivity index (χ0v) is 28.6. The number of hydrogen-bond acceptors (Lipinski definition) is 11. The molecule has 1 heterocycles. The third-order valence-electron chi connectivity index (χ3n) is 7.93. The molecule has 5 amide bonds. The normalized spacial score (nSPS) is 17.9. The number of hydrogen-bond donors (Lipinski definition) is 7. The highest BCUT2D eigenvalue weighted by Gasteiger charge is 2.35. The highest BCUT2D eigenvalue weighted by Crippen LogP contribution is 2.40. The molecule has 0 radical (unpaired) electrons. The molecule has 4 bridgehead atoms. The first kappa shape index (κ1) is 39.2. The molecular formula is C34H47N9O7. The van der Waals surface area contributed by atoms with Crippen LogP contribution in [0.25, 0.3) is 11.1 Å². The van der Waals surface area contributed by atoms with Crippen molar-refractivity contribution in [3.63, 3.8) is 0 Å². The number of likely N-dealkylation sites (N-methyl/N-ethyl adjacent to an activating group) is 1. The number of carbonyl (C=O) groups excluding carboxylic acids is 5. The summed E-state index contributed by atoms with van der Waals surface area (Å²) in [5, 5.41) is 19.5. The number of nitriles is 1. The molecule has 0 fully saturated rings. The fourth-order valence-corrected chi connectivity index (χ4v) is 5.53. The quantitative estimate of drug-likeness (QED) is 0.118. The van der Waals surface area contributed by atoms with Crippen LogP contribution in [0.1, 0.15) is 43.9 Å². The summed E-state index contributed by atoms with van der Waals surface area (Å²) < 4.78 is 12.0. The number of fused-ring (bicyclic) bond motifs is 5. The third-order valence-corrected chi connectivity index (χ3v) is 7.93. The Bertz CT molecular complexity index is 1580. The van der Waals surface area contributed by atoms with E-state index in [-0.39, 0.29) is 52.2 Å². The van der Waals surface area contributed by atoms with Crippen molar-refractivity contribution in [2.45, 2.75) is 57.3 Å². The molecule has 1 aliphatic rings. The second-order valence-electron chi connectivity index (χ2n) is 11.8. The fourth-order valence-electron chi connectivity index (χ4n) is 5.53. The zero-order chi connectivity index (χ0) is 36.8. The van der Waals surface area contributed by atoms with Gasteiger partial charge < -0.3 is 52.8 Å². The second kappa shape index (κ2) is 19.1. The lowest BCUT2D eigenvalue weighted by molar-refractivity contribution is -0.143. The summed E-state index contributed by atoms with van der Waals surface area (Å²) >= 11 is 0. The molecule has 2 aromatic carbocycles. The summed E-state index contributed by atoms with van der Waals surface area (Å²) in [4.78, 5) is 67.9. The van der Waals surface area contributed by atoms with Crippen LogP contribution in [0.4, 0.5) is 0 Å². The Hall–Kier alpha value is -5.24. The lowest BCUT2D eigenvalue weighted by atomic mass is 9.93. The van der Waals surface area contributed by atoms with Crippen LogP contribution in [0.2, 0.25) is 0 Å². The van der Waals surface area contributed by atoms with Crippen LogP contribution in [-0.2, 0) is 30.4 Å². The van der Waals surface area contributed by atoms with Crippen molar-refractivity contribution in [3.05, 3.63) is 47.5 Å². The van der Waals surface area contributed by atoms with Crippen molar-refractivity contribution in [1.29, 1.82) is 5.26 Å². The first-order chi connectivity index (χ1) is 23.9. The number of nitrogens with one attached hydrogen (secondary N) is 4. The minimum absolute atomic E-state index is 0.0275. The summed E-state index contributed by atoms with van der Waals surface area (Å²) in [7, 11) is 1.43. The van der Waals surface area contributed by atoms with E-state index in [1.54, 1.807) is 36.4 Å². The molecule has 10 N–H and O–H groups in total. The van der Waals surface area contributed by atoms with Gasteiger partial charge in [-0.2, -0.15) is 5.26 Å². The van der Waals surface area contributed by atoms with Crippen molar-refractivity contribution >= 4 is 29.5 Å². The van der Waals surface area contributed by atoms with E-state index in [2.05, 4.69) is 21.3 Å². The van der Waals surface area contributed by atoms with E-state index in [1.165, 1.54) is 25.8 Å². The highest BCUT2D eigenvalue weighted by atomic mass is 16.5. The number of nitrogens with two attached hydrogens (primary N) is 3. The summed E-state index contributed by atoms with van der Waals surface area (Å²) in [5.41, 5.74) is 19.2. The zero-order valence-electron chi connectivity index (χ0n) is 28.6. The maximum atomic E-state index is 14.2. The van der Waals surface area contributed by atoms with Gasteiger partial charge in [0.05, 0.1) is 6.07 Å². The van der Waals surface area contributed by atoms with E-state index >= 15 is 0 Å². The minimum atomic E-state index is -1.30. The molecular weight excluding hydrogens is 646 g/mol. The Balaban J connectivity index is 2.30. The van der Waals surface area contributed by atoms with Gasteiger partial charge in [-0.3, -0.25) is 24.0 Å². The molecule has 3 rings (SSSR count). The van der Waals surface area contributed by atoms with Crippen LogP contribution in [0.15, 0.2) is 36.4 Å². The molecule has 2 aromatic rings. The topological polar surface area (TPSA) is 257 Å². The largest absolute Gasteiger partial charge is 0.492 e. The predicted octanol–water partition coefficient (Wildman–Crippen LogP) is -1.04. The lowest BCUT2D eigenvalue weighted by Crippen LogP contribution is -2.55. The van der Waals surface area contributed by atoms with Crippen LogP contribution in [0.3, 0.4) is 0 Å². The second-order valence-corrected chi connectivity index (χ2v) is 11.8. The van der Waals surface area contributed by atoms with Gasteiger partial charge in [0, 0.05) is 44.6 Å². The molecule has 16 heteroatoms. The van der Waals surface area contributed by atoms with Gasteiger partial charge in [-0.1, -0.05) is 12.1 Å². The van der Waals surface area contributed by atoms with Crippen molar-refractivity contribution in [2.24, 2.45) is 17.2 Å². The molecule has 0 aliphatic carbocycles. The van der Waals surface area contributed by atoms with Crippen molar-refractivity contribution in [3.8, 4) is 28.7 Å². The monoisotopic (exact) mass is 693 g/mol. The van der Waals surface area contributed by atoms with Crippen LogP contribution >= 0.6 is 0 Å². The van der Waals surface area contributed by atoms with Gasteiger partial charge in [0.25, 0.3) is 0 Å². The van der Waals surface area contributed by atoms with E-state index in [0.29, 0.717) is 40.2 Å². The lowest BCUT2D eigenvalue weighted by Gasteiger charge is -2.32. The van der Waals surface area contributed by atoms with Gasteiger partial charge in [-0.05, 0) is 61.7 Å². The van der Waals surface area contributed by atoms with Crippen LogP contribution in [0, 0.1) is 11.3 Å². The molecule has 1 aliphatic heterocycles. The highest BCUT2D eigenvalue weighted by molar-refractivity contribution is 5.96. The van der Waals surface area contributed by atoms with E-state index in [4.69, 9.17) is 31.9 Å². The van der Waals surface area contributed by atoms with Gasteiger partial charge in [0.2, 0.25) is 29.5 Å². The van der Waals surface area contributed by atoms with Gasteiger partial charge in [-0.15, -0.1) is 0 Å². The molecule has 0 saturated heterocycles. The first-order valence-electron chi connectivity index (χ1n) is 16.4. The van der Waals surface area contributed by atoms with Crippen molar-refractivity contribution < 1.29 is 33.4 Å². The molecule has 4 atom stereocenters. The Labute approximate surface area is 291 Å². The summed E-state index contributed by atoms with van der Waals surface area (Å²) in [6, 6.07) is 7.49. The minimum Gasteiger partial charge on any atom is -0.492 e. The van der Waals surface area contributed by atoms with Crippen LogP contribution in [0.5, 0.6) is 11.5 Å². The summed E-state index contributed by atoms with van der Waals surface area (Å²) in [6.07, 6.45) is 0.689. The molecule has 0 aromatic heterocycles. The molecule has 270 valence electrons. The maximum Gasteiger partial charge on any atom is 0.248 e. The number of benzene rings is 2. The van der Waals surface area contributed by atoms with Gasteiger partial charge in [-0.25, -0.2) is 0 Å². The van der Waals surface area contributed by atoms with Gasteiger partial charge in [0.1, 0.15) is 55.4 Å². The molecule has 0 saturated carbocycles. The molecule has 0 spiro atoms. The maximum absolute atomic E-state index is 14.2. The van der Waals surface area contributed by atoms with E-state index in [1.807, 2.05) is 6.07 Å². The molecule has 0 unspecified atom stereocenters. The van der Waals surface area contributed by atoms with Crippen LogP contribution in [-0.4, -0.2) is 99.0 Å². The summed E-state index contributed by atoms with van der Waals surface area (Å²) in [5.74, 6) is -2.15. The number of ether oxygens (including phenoxy) is 2. The standard InChI is InChI=1S/C34H47N9O7/c1-20-31(45)42-27(32(46)39-14-11-36)18-22-6-8-28(49-15-12-37)24(17-22)25-19-23(7-9-29(25)50-16-13-38)30(33(47)40-20)43(3)34(48)26(5-4-10-35)41-21(2)44/h6-9,17,19-20,26-27,30H,4-5,10,12-16,18,35,37-38H2,1-3H3,(H,39,46)(H,40,47)(H,41,44)(H,42,45)/t20-,26-,27-,30-/m0/s1. The van der Waals surface area contributed by atoms with Crippen molar-refractivity contribution in [1.82, 2.24) is 26.2 Å². The molecule has 50 heavy (non-hydrogen) atoms. The summed E-state index contributed by atoms with van der Waals surface area (Å²) in [6.45, 7) is 3.50. The smallest absolute Gasteiger partial charge is 0.248 e.